The highest BCUT2D eigenvalue weighted by Crippen LogP contribution is 2.62. The van der Waals surface area contributed by atoms with Gasteiger partial charge in [-0.25, -0.2) is 0 Å². The largest absolute Gasteiger partial charge is 0.508 e. The fourth-order valence-electron chi connectivity index (χ4n) is 8.85. The molecule has 8 aromatic carbocycles. The summed E-state index contributed by atoms with van der Waals surface area (Å²) < 4.78 is 9.23. The number of rotatable bonds is 4. The maximum atomic E-state index is 10.2. The summed E-state index contributed by atoms with van der Waals surface area (Å²) in [6, 6.07) is 64.4. The molecular weight excluding hydrogens is 667 g/mol. The standard InChI is InChI=1S/C49H31NO2S/c51-35-25-22-31(23-26-35)39-28-34(30-47-48(39)38-16-6-11-21-46(38)53-47)50(32-12-2-1-3-13-32)33-24-27-45-43(29-33)49(42-19-9-10-20-44(42)52-45)40-17-7-4-14-36(40)37-15-5-8-18-41(37)49/h1-30,51H. The lowest BCUT2D eigenvalue weighted by atomic mass is 9.66. The van der Waals surface area contributed by atoms with Crippen LogP contribution in [-0.4, -0.2) is 5.11 Å². The lowest BCUT2D eigenvalue weighted by Gasteiger charge is -2.40. The molecule has 1 spiro atoms. The number of phenols is 1. The fraction of sp³-hybridized carbons (Fsp3) is 0.0204. The molecule has 2 aliphatic rings. The molecule has 0 bridgehead atoms. The highest BCUT2D eigenvalue weighted by atomic mass is 32.1. The third kappa shape index (κ3) is 4.33. The summed E-state index contributed by atoms with van der Waals surface area (Å²) in [5.41, 5.74) is 12.1. The number of nitrogens with zero attached hydrogens (tertiary/aromatic N) is 1. The number of para-hydroxylation sites is 2. The van der Waals surface area contributed by atoms with Gasteiger partial charge in [-0.1, -0.05) is 115 Å². The van der Waals surface area contributed by atoms with Gasteiger partial charge in [-0.3, -0.25) is 0 Å². The molecule has 1 aromatic heterocycles. The van der Waals surface area contributed by atoms with Crippen LogP contribution in [0.5, 0.6) is 17.2 Å². The zero-order valence-corrected chi connectivity index (χ0v) is 29.3. The second-order valence-corrected chi connectivity index (χ2v) is 14.9. The number of benzene rings is 8. The number of fused-ring (bicyclic) bond motifs is 12. The van der Waals surface area contributed by atoms with E-state index < -0.39 is 5.41 Å². The number of phenolic OH excluding ortho intramolecular Hbond substituents is 1. The van der Waals surface area contributed by atoms with Gasteiger partial charge in [0.1, 0.15) is 17.2 Å². The zero-order valence-electron chi connectivity index (χ0n) is 28.5. The Labute approximate surface area is 311 Å². The quantitative estimate of drug-likeness (QED) is 0.199. The summed E-state index contributed by atoms with van der Waals surface area (Å²) in [6.45, 7) is 0. The Kier molecular flexibility index (Phi) is 6.49. The van der Waals surface area contributed by atoms with Crippen LogP contribution in [0.3, 0.4) is 0 Å². The fourth-order valence-corrected chi connectivity index (χ4v) is 10.0. The summed E-state index contributed by atoms with van der Waals surface area (Å²) in [6.07, 6.45) is 0. The third-order valence-electron chi connectivity index (χ3n) is 11.0. The number of hydrogen-bond acceptors (Lipinski definition) is 4. The highest BCUT2D eigenvalue weighted by molar-refractivity contribution is 7.26. The Bertz CT molecular complexity index is 2850. The van der Waals surface area contributed by atoms with Crippen LogP contribution in [0, 0.1) is 0 Å². The molecule has 0 fully saturated rings. The van der Waals surface area contributed by atoms with Crippen molar-refractivity contribution in [3.63, 3.8) is 0 Å². The summed E-state index contributed by atoms with van der Waals surface area (Å²) >= 11 is 1.81. The van der Waals surface area contributed by atoms with Crippen LogP contribution in [-0.2, 0) is 5.41 Å². The average Bonchev–Trinajstić information content (AvgIpc) is 3.73. The SMILES string of the molecule is Oc1ccc(-c2cc(N(c3ccccc3)c3ccc4c(c3)C3(c5ccccc5O4)c4ccccc4-c4ccccc43)cc3sc4ccccc4c23)cc1. The molecule has 0 atom stereocenters. The van der Waals surface area contributed by atoms with Crippen LogP contribution in [0.15, 0.2) is 182 Å². The van der Waals surface area contributed by atoms with Crippen molar-refractivity contribution < 1.29 is 9.84 Å². The first-order chi connectivity index (χ1) is 26.2. The van der Waals surface area contributed by atoms with Crippen LogP contribution in [0.1, 0.15) is 22.3 Å². The number of ether oxygens (including phenoxy) is 1. The van der Waals surface area contributed by atoms with Crippen LogP contribution in [0.25, 0.3) is 42.4 Å². The Morgan fingerprint density at radius 2 is 1.09 bits per heavy atom. The first-order valence-electron chi connectivity index (χ1n) is 17.9. The minimum atomic E-state index is -0.567. The molecular formula is C49H31NO2S. The third-order valence-corrected chi connectivity index (χ3v) is 12.1. The molecule has 9 aromatic rings. The van der Waals surface area contributed by atoms with Gasteiger partial charge in [0.2, 0.25) is 0 Å². The molecule has 0 unspecified atom stereocenters. The van der Waals surface area contributed by atoms with E-state index in [1.165, 1.54) is 42.4 Å². The molecule has 1 aliphatic carbocycles. The van der Waals surface area contributed by atoms with E-state index in [0.717, 1.165) is 50.8 Å². The predicted molar refractivity (Wildman–Crippen MR) is 218 cm³/mol. The van der Waals surface area contributed by atoms with Crippen molar-refractivity contribution in [2.45, 2.75) is 5.41 Å². The Hall–Kier alpha value is -6.62. The molecule has 11 rings (SSSR count). The highest BCUT2D eigenvalue weighted by Gasteiger charge is 2.51. The molecule has 2 heterocycles. The van der Waals surface area contributed by atoms with Gasteiger partial charge >= 0.3 is 0 Å². The normalized spacial score (nSPS) is 13.3. The van der Waals surface area contributed by atoms with E-state index >= 15 is 0 Å². The number of aromatic hydroxyl groups is 1. The minimum Gasteiger partial charge on any atom is -0.508 e. The average molecular weight is 698 g/mol. The van der Waals surface area contributed by atoms with Gasteiger partial charge in [0.05, 0.1) is 5.41 Å². The molecule has 0 saturated carbocycles. The molecule has 1 N–H and O–H groups in total. The first kappa shape index (κ1) is 30.0. The molecule has 0 saturated heterocycles. The van der Waals surface area contributed by atoms with Crippen molar-refractivity contribution in [1.82, 2.24) is 0 Å². The zero-order chi connectivity index (χ0) is 35.1. The van der Waals surface area contributed by atoms with Gasteiger partial charge in [0.25, 0.3) is 0 Å². The van der Waals surface area contributed by atoms with Gasteiger partial charge in [-0.2, -0.15) is 0 Å². The first-order valence-corrected chi connectivity index (χ1v) is 18.7. The molecule has 1 aliphatic heterocycles. The van der Waals surface area contributed by atoms with Crippen molar-refractivity contribution in [1.29, 1.82) is 0 Å². The van der Waals surface area contributed by atoms with E-state index in [-0.39, 0.29) is 5.75 Å². The summed E-state index contributed by atoms with van der Waals surface area (Å²) in [5, 5.41) is 12.7. The second kappa shape index (κ2) is 11.4. The maximum Gasteiger partial charge on any atom is 0.132 e. The van der Waals surface area contributed by atoms with Gasteiger partial charge in [-0.05, 0) is 100 Å². The maximum absolute atomic E-state index is 10.2. The molecule has 0 radical (unpaired) electrons. The molecule has 53 heavy (non-hydrogen) atoms. The van der Waals surface area contributed by atoms with Crippen molar-refractivity contribution >= 4 is 48.6 Å². The van der Waals surface area contributed by atoms with Gasteiger partial charge in [0.15, 0.2) is 0 Å². The van der Waals surface area contributed by atoms with Gasteiger partial charge in [-0.15, -0.1) is 11.3 Å². The number of hydrogen-bond donors (Lipinski definition) is 1. The van der Waals surface area contributed by atoms with Crippen LogP contribution in [0.2, 0.25) is 0 Å². The van der Waals surface area contributed by atoms with E-state index in [2.05, 4.69) is 163 Å². The molecule has 250 valence electrons. The Morgan fingerprint density at radius 1 is 0.453 bits per heavy atom. The van der Waals surface area contributed by atoms with Crippen molar-refractivity contribution in [2.24, 2.45) is 0 Å². The molecule has 4 heteroatoms. The van der Waals surface area contributed by atoms with Gasteiger partial charge in [0, 0.05) is 48.4 Å². The Morgan fingerprint density at radius 3 is 1.87 bits per heavy atom. The van der Waals surface area contributed by atoms with Crippen LogP contribution < -0.4 is 9.64 Å². The molecule has 0 amide bonds. The van der Waals surface area contributed by atoms with E-state index in [0.29, 0.717) is 0 Å². The second-order valence-electron chi connectivity index (χ2n) is 13.8. The van der Waals surface area contributed by atoms with Crippen molar-refractivity contribution in [3.05, 3.63) is 204 Å². The summed E-state index contributed by atoms with van der Waals surface area (Å²) in [5.74, 6) is 1.99. The van der Waals surface area contributed by atoms with E-state index in [1.54, 1.807) is 12.1 Å². The van der Waals surface area contributed by atoms with E-state index in [4.69, 9.17) is 4.74 Å². The van der Waals surface area contributed by atoms with Crippen molar-refractivity contribution in [3.8, 4) is 39.5 Å². The van der Waals surface area contributed by atoms with E-state index in [1.807, 2.05) is 23.5 Å². The Balaban J connectivity index is 1.20. The van der Waals surface area contributed by atoms with Crippen LogP contribution in [0.4, 0.5) is 17.1 Å². The van der Waals surface area contributed by atoms with E-state index in [9.17, 15) is 5.11 Å². The topological polar surface area (TPSA) is 32.7 Å². The number of anilines is 3. The monoisotopic (exact) mass is 697 g/mol. The minimum absolute atomic E-state index is 0.254. The lowest BCUT2D eigenvalue weighted by Crippen LogP contribution is -2.32. The van der Waals surface area contributed by atoms with Gasteiger partial charge < -0.3 is 14.7 Å². The summed E-state index contributed by atoms with van der Waals surface area (Å²) in [4.78, 5) is 2.37. The predicted octanol–water partition coefficient (Wildman–Crippen LogP) is 13.4. The van der Waals surface area contributed by atoms with Crippen LogP contribution >= 0.6 is 11.3 Å². The smallest absolute Gasteiger partial charge is 0.132 e. The van der Waals surface area contributed by atoms with Crippen molar-refractivity contribution in [2.75, 3.05) is 4.90 Å². The summed E-state index contributed by atoms with van der Waals surface area (Å²) in [7, 11) is 0. The lowest BCUT2D eigenvalue weighted by molar-refractivity contribution is 0.436. The number of thiophene rings is 1. The molecule has 3 nitrogen and oxygen atoms in total.